The second kappa shape index (κ2) is 9.76. The number of nitrogens with one attached hydrogen (secondary N) is 3. The molecule has 0 saturated heterocycles. The average molecular weight is 419 g/mol. The molecule has 0 saturated carbocycles. The van der Waals surface area contributed by atoms with E-state index in [1.54, 1.807) is 25.1 Å². The van der Waals surface area contributed by atoms with Crippen LogP contribution in [0.25, 0.3) is 0 Å². The van der Waals surface area contributed by atoms with Crippen LogP contribution in [0.5, 0.6) is 5.75 Å². The van der Waals surface area contributed by atoms with Crippen LogP contribution in [0.2, 0.25) is 5.02 Å². The lowest BCUT2D eigenvalue weighted by molar-refractivity contribution is -0.885. The van der Waals surface area contributed by atoms with Crippen molar-refractivity contribution in [1.29, 1.82) is 0 Å². The van der Waals surface area contributed by atoms with Crippen LogP contribution in [0.1, 0.15) is 23.6 Å². The Morgan fingerprint density at radius 3 is 2.31 bits per heavy atom. The van der Waals surface area contributed by atoms with E-state index < -0.39 is 6.04 Å². The summed E-state index contributed by atoms with van der Waals surface area (Å²) < 4.78 is 5.24. The lowest BCUT2D eigenvalue weighted by Crippen LogP contribution is -3.14. The van der Waals surface area contributed by atoms with Crippen LogP contribution in [-0.4, -0.2) is 38.6 Å². The summed E-state index contributed by atoms with van der Waals surface area (Å²) in [5.74, 6) is 0.160. The number of carbonyl (C=O) groups is 2. The third-order valence-electron chi connectivity index (χ3n) is 4.93. The SMILES string of the molecule is COc1ccc(Cl)cc1NC(=O)C[NH+](C)[C@H](C)C(=O)Nc1c(C)cc(C)cc1C. The number of carbonyl (C=O) groups excluding carboxylic acids is 2. The van der Waals surface area contributed by atoms with Gasteiger partial charge in [0.2, 0.25) is 0 Å². The lowest BCUT2D eigenvalue weighted by Gasteiger charge is -2.22. The van der Waals surface area contributed by atoms with Crippen molar-refractivity contribution >= 4 is 34.8 Å². The van der Waals surface area contributed by atoms with Crippen molar-refractivity contribution in [3.63, 3.8) is 0 Å². The van der Waals surface area contributed by atoms with Crippen LogP contribution >= 0.6 is 11.6 Å². The van der Waals surface area contributed by atoms with Crippen LogP contribution in [0.4, 0.5) is 11.4 Å². The molecule has 0 aliphatic carbocycles. The molecule has 2 amide bonds. The Bertz CT molecular complexity index is 891. The number of hydrogen-bond acceptors (Lipinski definition) is 3. The minimum atomic E-state index is -0.415. The van der Waals surface area contributed by atoms with Gasteiger partial charge in [0.25, 0.3) is 11.8 Å². The van der Waals surface area contributed by atoms with Crippen molar-refractivity contribution in [3.05, 3.63) is 52.0 Å². The molecule has 3 N–H and O–H groups in total. The molecule has 7 heteroatoms. The van der Waals surface area contributed by atoms with Crippen molar-refractivity contribution in [1.82, 2.24) is 0 Å². The van der Waals surface area contributed by atoms with Gasteiger partial charge in [0.15, 0.2) is 12.6 Å². The monoisotopic (exact) mass is 418 g/mol. The van der Waals surface area contributed by atoms with Crippen LogP contribution in [-0.2, 0) is 9.59 Å². The van der Waals surface area contributed by atoms with E-state index in [0.717, 1.165) is 27.3 Å². The Balaban J connectivity index is 2.01. The number of hydrogen-bond donors (Lipinski definition) is 3. The number of aryl methyl sites for hydroxylation is 3. The first-order chi connectivity index (χ1) is 13.6. The van der Waals surface area contributed by atoms with Gasteiger partial charge in [-0.3, -0.25) is 9.59 Å². The van der Waals surface area contributed by atoms with Gasteiger partial charge in [0, 0.05) is 10.7 Å². The molecule has 0 aromatic heterocycles. The summed E-state index contributed by atoms with van der Waals surface area (Å²) in [5, 5.41) is 6.30. The second-order valence-electron chi connectivity index (χ2n) is 7.40. The molecule has 1 unspecified atom stereocenters. The van der Waals surface area contributed by atoms with Gasteiger partial charge >= 0.3 is 0 Å². The fourth-order valence-corrected chi connectivity index (χ4v) is 3.38. The molecule has 0 fully saturated rings. The molecule has 2 aromatic carbocycles. The van der Waals surface area contributed by atoms with Gasteiger partial charge in [-0.2, -0.15) is 0 Å². The molecule has 0 aliphatic rings. The molecular formula is C22H29ClN3O3+. The summed E-state index contributed by atoms with van der Waals surface area (Å²) in [7, 11) is 3.34. The van der Waals surface area contributed by atoms with E-state index in [0.29, 0.717) is 16.5 Å². The van der Waals surface area contributed by atoms with Gasteiger partial charge in [-0.25, -0.2) is 0 Å². The topological polar surface area (TPSA) is 71.9 Å². The van der Waals surface area contributed by atoms with Crippen molar-refractivity contribution in [2.75, 3.05) is 31.3 Å². The first-order valence-corrected chi connectivity index (χ1v) is 9.84. The number of likely N-dealkylation sites (N-methyl/N-ethyl adjacent to an activating group) is 1. The second-order valence-corrected chi connectivity index (χ2v) is 7.84. The molecule has 6 nitrogen and oxygen atoms in total. The fourth-order valence-electron chi connectivity index (χ4n) is 3.21. The van der Waals surface area contributed by atoms with Gasteiger partial charge in [-0.05, 0) is 57.0 Å². The summed E-state index contributed by atoms with van der Waals surface area (Å²) in [6, 6.07) is 8.67. The van der Waals surface area contributed by atoms with E-state index in [9.17, 15) is 9.59 Å². The first kappa shape index (κ1) is 22.7. The fraction of sp³-hybridized carbons (Fsp3) is 0.364. The van der Waals surface area contributed by atoms with Crippen molar-refractivity contribution in [3.8, 4) is 5.75 Å². The highest BCUT2D eigenvalue weighted by Crippen LogP contribution is 2.27. The number of quaternary nitrogens is 1. The Hall–Kier alpha value is -2.57. The van der Waals surface area contributed by atoms with Crippen molar-refractivity contribution in [2.45, 2.75) is 33.7 Å². The van der Waals surface area contributed by atoms with Gasteiger partial charge in [-0.15, -0.1) is 0 Å². The zero-order valence-electron chi connectivity index (χ0n) is 17.8. The molecule has 156 valence electrons. The number of methoxy groups -OCH3 is 1. The number of anilines is 2. The Kier molecular flexibility index (Phi) is 7.65. The predicted molar refractivity (Wildman–Crippen MR) is 117 cm³/mol. The quantitative estimate of drug-likeness (QED) is 0.647. The number of halogens is 1. The van der Waals surface area contributed by atoms with Gasteiger partial charge in [-0.1, -0.05) is 29.3 Å². The van der Waals surface area contributed by atoms with Crippen LogP contribution in [0.3, 0.4) is 0 Å². The number of ether oxygens (including phenoxy) is 1. The Morgan fingerprint density at radius 2 is 1.72 bits per heavy atom. The normalized spacial score (nSPS) is 12.8. The molecular weight excluding hydrogens is 390 g/mol. The Morgan fingerprint density at radius 1 is 1.10 bits per heavy atom. The van der Waals surface area contributed by atoms with E-state index in [4.69, 9.17) is 16.3 Å². The molecule has 2 aromatic rings. The van der Waals surface area contributed by atoms with E-state index in [-0.39, 0.29) is 18.4 Å². The maximum atomic E-state index is 12.7. The molecule has 0 spiro atoms. The molecule has 0 aliphatic heterocycles. The third kappa shape index (κ3) is 5.95. The Labute approximate surface area is 177 Å². The van der Waals surface area contributed by atoms with E-state index in [2.05, 4.69) is 10.6 Å². The maximum Gasteiger partial charge on any atom is 0.282 e. The summed E-state index contributed by atoms with van der Waals surface area (Å²) in [5.41, 5.74) is 4.52. The van der Waals surface area contributed by atoms with Crippen molar-refractivity contribution in [2.24, 2.45) is 0 Å². The summed E-state index contributed by atoms with van der Waals surface area (Å²) >= 11 is 6.00. The largest absolute Gasteiger partial charge is 0.495 e. The molecule has 29 heavy (non-hydrogen) atoms. The lowest BCUT2D eigenvalue weighted by atomic mass is 10.0. The van der Waals surface area contributed by atoms with E-state index in [1.165, 1.54) is 7.11 Å². The number of amides is 2. The minimum Gasteiger partial charge on any atom is -0.495 e. The minimum absolute atomic E-state index is 0.121. The van der Waals surface area contributed by atoms with Gasteiger partial charge < -0.3 is 20.3 Å². The average Bonchev–Trinajstić information content (AvgIpc) is 2.63. The third-order valence-corrected chi connectivity index (χ3v) is 5.17. The van der Waals surface area contributed by atoms with Crippen LogP contribution in [0, 0.1) is 20.8 Å². The highest BCUT2D eigenvalue weighted by molar-refractivity contribution is 6.31. The standard InChI is InChI=1S/C22H28ClN3O3/c1-13-9-14(2)21(15(3)10-13)25-22(28)16(4)26(5)12-20(27)24-18-11-17(23)7-8-19(18)29-6/h7-11,16H,12H2,1-6H3,(H,24,27)(H,25,28)/p+1/t16-/m1/s1. The molecule has 2 atom stereocenters. The molecule has 2 rings (SSSR count). The summed E-state index contributed by atoms with van der Waals surface area (Å²) in [4.78, 5) is 26.0. The highest BCUT2D eigenvalue weighted by atomic mass is 35.5. The smallest absolute Gasteiger partial charge is 0.282 e. The zero-order valence-corrected chi connectivity index (χ0v) is 18.5. The first-order valence-electron chi connectivity index (χ1n) is 9.46. The number of benzene rings is 2. The summed E-state index contributed by atoms with van der Waals surface area (Å²) in [6.45, 7) is 7.90. The van der Waals surface area contributed by atoms with Crippen LogP contribution in [0.15, 0.2) is 30.3 Å². The maximum absolute atomic E-state index is 12.7. The van der Waals surface area contributed by atoms with E-state index in [1.807, 2.05) is 40.0 Å². The molecule has 0 heterocycles. The van der Waals surface area contributed by atoms with Crippen LogP contribution < -0.4 is 20.3 Å². The van der Waals surface area contributed by atoms with E-state index >= 15 is 0 Å². The van der Waals surface area contributed by atoms with Gasteiger partial charge in [0.1, 0.15) is 5.75 Å². The summed E-state index contributed by atoms with van der Waals surface area (Å²) in [6.07, 6.45) is 0. The zero-order chi connectivity index (χ0) is 21.7. The predicted octanol–water partition coefficient (Wildman–Crippen LogP) is 2.75. The highest BCUT2D eigenvalue weighted by Gasteiger charge is 2.25. The number of rotatable bonds is 7. The molecule has 0 radical (unpaired) electrons. The van der Waals surface area contributed by atoms with Crippen molar-refractivity contribution < 1.29 is 19.2 Å². The molecule has 0 bridgehead atoms. The van der Waals surface area contributed by atoms with Gasteiger partial charge in [0.05, 0.1) is 19.8 Å².